The fraction of sp³-hybridized carbons (Fsp3) is 0.615. The summed E-state index contributed by atoms with van der Waals surface area (Å²) in [5.74, 6) is 0.0221. The molecule has 1 aliphatic carbocycles. The fourth-order valence-electron chi connectivity index (χ4n) is 2.79. The van der Waals surface area contributed by atoms with Gasteiger partial charge in [-0.3, -0.25) is 14.9 Å². The van der Waals surface area contributed by atoms with E-state index in [9.17, 15) is 14.9 Å². The molecule has 0 aromatic carbocycles. The summed E-state index contributed by atoms with van der Waals surface area (Å²) in [4.78, 5) is 22.5. The molecule has 1 fully saturated rings. The zero-order valence-electron chi connectivity index (χ0n) is 11.5. The first-order chi connectivity index (χ1) is 9.52. The lowest BCUT2D eigenvalue weighted by Crippen LogP contribution is -2.45. The van der Waals surface area contributed by atoms with Gasteiger partial charge in [-0.15, -0.1) is 0 Å². The molecule has 0 spiro atoms. The molecule has 1 aliphatic rings. The van der Waals surface area contributed by atoms with Crippen LogP contribution in [0.5, 0.6) is 0 Å². The highest BCUT2D eigenvalue weighted by molar-refractivity contribution is 5.93. The van der Waals surface area contributed by atoms with Crippen LogP contribution < -0.4 is 11.1 Å². The minimum Gasteiger partial charge on any atom is -0.348 e. The SMILES string of the molecule is Cn1cc([N+](=O)[O-])cc1C(=O)NC1CCCCC1CN. The Bertz CT molecular complexity index is 512. The van der Waals surface area contributed by atoms with Crippen LogP contribution in [-0.4, -0.2) is 28.0 Å². The Morgan fingerprint density at radius 2 is 2.25 bits per heavy atom. The maximum absolute atomic E-state index is 12.2. The van der Waals surface area contributed by atoms with Crippen LogP contribution in [0.15, 0.2) is 12.3 Å². The molecule has 2 unspecified atom stereocenters. The Morgan fingerprint density at radius 1 is 1.55 bits per heavy atom. The van der Waals surface area contributed by atoms with Crippen LogP contribution in [-0.2, 0) is 7.05 Å². The van der Waals surface area contributed by atoms with Crippen LogP contribution in [0.25, 0.3) is 0 Å². The normalized spacial score (nSPS) is 22.5. The van der Waals surface area contributed by atoms with Gasteiger partial charge in [0.05, 0.1) is 11.1 Å². The van der Waals surface area contributed by atoms with Gasteiger partial charge in [0.1, 0.15) is 5.69 Å². The smallest absolute Gasteiger partial charge is 0.287 e. The maximum atomic E-state index is 12.2. The quantitative estimate of drug-likeness (QED) is 0.638. The summed E-state index contributed by atoms with van der Waals surface area (Å²) in [7, 11) is 1.63. The number of nitrogens with one attached hydrogen (secondary N) is 1. The predicted octanol–water partition coefficient (Wildman–Crippen LogP) is 1.18. The number of nitrogens with two attached hydrogens (primary N) is 1. The molecule has 0 aliphatic heterocycles. The zero-order chi connectivity index (χ0) is 14.7. The number of carbonyl (C=O) groups is 1. The van der Waals surface area contributed by atoms with E-state index in [1.807, 2.05) is 0 Å². The third-order valence-electron chi connectivity index (χ3n) is 3.96. The molecular weight excluding hydrogens is 260 g/mol. The molecule has 7 nitrogen and oxygen atoms in total. The number of nitrogens with zero attached hydrogens (tertiary/aromatic N) is 2. The van der Waals surface area contributed by atoms with Gasteiger partial charge in [0.25, 0.3) is 11.6 Å². The summed E-state index contributed by atoms with van der Waals surface area (Å²) in [6, 6.07) is 1.37. The van der Waals surface area contributed by atoms with E-state index in [2.05, 4.69) is 5.32 Å². The zero-order valence-corrected chi connectivity index (χ0v) is 11.5. The van der Waals surface area contributed by atoms with Crippen molar-refractivity contribution in [2.24, 2.45) is 18.7 Å². The molecule has 0 radical (unpaired) electrons. The lowest BCUT2D eigenvalue weighted by molar-refractivity contribution is -0.384. The van der Waals surface area contributed by atoms with Crippen molar-refractivity contribution in [3.05, 3.63) is 28.1 Å². The number of aromatic nitrogens is 1. The predicted molar refractivity (Wildman–Crippen MR) is 74.3 cm³/mol. The number of nitro groups is 1. The van der Waals surface area contributed by atoms with Gasteiger partial charge >= 0.3 is 0 Å². The van der Waals surface area contributed by atoms with Gasteiger partial charge in [-0.25, -0.2) is 0 Å². The molecule has 2 rings (SSSR count). The van der Waals surface area contributed by atoms with Crippen LogP contribution in [0, 0.1) is 16.0 Å². The molecule has 7 heteroatoms. The van der Waals surface area contributed by atoms with E-state index in [0.29, 0.717) is 18.2 Å². The largest absolute Gasteiger partial charge is 0.348 e. The topological polar surface area (TPSA) is 103 Å². The number of hydrogen-bond donors (Lipinski definition) is 2. The third kappa shape index (κ3) is 2.98. The van der Waals surface area contributed by atoms with Crippen molar-refractivity contribution in [1.29, 1.82) is 0 Å². The first-order valence-electron chi connectivity index (χ1n) is 6.84. The standard InChI is InChI=1S/C13H20N4O3/c1-16-8-10(17(19)20)6-12(16)13(18)15-11-5-3-2-4-9(11)7-14/h6,8-9,11H,2-5,7,14H2,1H3,(H,15,18). The van der Waals surface area contributed by atoms with Gasteiger partial charge in [0.2, 0.25) is 0 Å². The van der Waals surface area contributed by atoms with Gasteiger partial charge < -0.3 is 15.6 Å². The van der Waals surface area contributed by atoms with Crippen molar-refractivity contribution in [1.82, 2.24) is 9.88 Å². The van der Waals surface area contributed by atoms with Crippen molar-refractivity contribution in [2.45, 2.75) is 31.7 Å². The molecule has 1 aromatic rings. The molecule has 3 N–H and O–H groups in total. The van der Waals surface area contributed by atoms with Crippen LogP contribution in [0.4, 0.5) is 5.69 Å². The minimum atomic E-state index is -0.500. The van der Waals surface area contributed by atoms with E-state index in [-0.39, 0.29) is 17.6 Å². The summed E-state index contributed by atoms with van der Waals surface area (Å²) in [6.07, 6.45) is 5.50. The molecule has 1 saturated carbocycles. The highest BCUT2D eigenvalue weighted by Crippen LogP contribution is 2.24. The van der Waals surface area contributed by atoms with E-state index in [0.717, 1.165) is 25.7 Å². The third-order valence-corrected chi connectivity index (χ3v) is 3.96. The molecule has 20 heavy (non-hydrogen) atoms. The first kappa shape index (κ1) is 14.5. The molecule has 1 heterocycles. The van der Waals surface area contributed by atoms with Crippen LogP contribution in [0.1, 0.15) is 36.2 Å². The number of amides is 1. The van der Waals surface area contributed by atoms with E-state index in [1.165, 1.54) is 16.8 Å². The molecular formula is C13H20N4O3. The van der Waals surface area contributed by atoms with Crippen molar-refractivity contribution in [3.8, 4) is 0 Å². The van der Waals surface area contributed by atoms with Gasteiger partial charge in [-0.1, -0.05) is 12.8 Å². The van der Waals surface area contributed by atoms with E-state index >= 15 is 0 Å². The van der Waals surface area contributed by atoms with Crippen LogP contribution in [0.3, 0.4) is 0 Å². The number of rotatable bonds is 4. The summed E-state index contributed by atoms with van der Waals surface area (Å²) < 4.78 is 1.48. The average molecular weight is 280 g/mol. The second-order valence-corrected chi connectivity index (χ2v) is 5.31. The van der Waals surface area contributed by atoms with E-state index in [1.54, 1.807) is 7.05 Å². The van der Waals surface area contributed by atoms with Gasteiger partial charge in [-0.05, 0) is 25.3 Å². The Kier molecular flexibility index (Phi) is 4.39. The monoisotopic (exact) mass is 280 g/mol. The van der Waals surface area contributed by atoms with Gasteiger partial charge in [-0.2, -0.15) is 0 Å². The van der Waals surface area contributed by atoms with Gasteiger partial charge in [0, 0.05) is 19.2 Å². The Hall–Kier alpha value is -1.89. The van der Waals surface area contributed by atoms with Crippen molar-refractivity contribution in [2.75, 3.05) is 6.54 Å². The lowest BCUT2D eigenvalue weighted by atomic mass is 9.84. The van der Waals surface area contributed by atoms with Crippen molar-refractivity contribution < 1.29 is 9.72 Å². The Morgan fingerprint density at radius 3 is 2.85 bits per heavy atom. The Balaban J connectivity index is 2.09. The fourth-order valence-corrected chi connectivity index (χ4v) is 2.79. The molecule has 0 bridgehead atoms. The molecule has 110 valence electrons. The second-order valence-electron chi connectivity index (χ2n) is 5.31. The number of aryl methyl sites for hydroxylation is 1. The number of carbonyl (C=O) groups excluding carboxylic acids is 1. The summed E-state index contributed by atoms with van der Waals surface area (Å²) >= 11 is 0. The second kappa shape index (κ2) is 6.04. The van der Waals surface area contributed by atoms with Crippen LogP contribution in [0.2, 0.25) is 0 Å². The highest BCUT2D eigenvalue weighted by atomic mass is 16.6. The minimum absolute atomic E-state index is 0.0650. The Labute approximate surface area is 117 Å². The van der Waals surface area contributed by atoms with Gasteiger partial charge in [0.15, 0.2) is 0 Å². The number of hydrogen-bond acceptors (Lipinski definition) is 4. The van der Waals surface area contributed by atoms with Crippen molar-refractivity contribution >= 4 is 11.6 Å². The summed E-state index contributed by atoms with van der Waals surface area (Å²) in [6.45, 7) is 0.554. The molecule has 2 atom stereocenters. The van der Waals surface area contributed by atoms with Crippen molar-refractivity contribution in [3.63, 3.8) is 0 Å². The van der Waals surface area contributed by atoms with E-state index < -0.39 is 4.92 Å². The molecule has 1 amide bonds. The van der Waals surface area contributed by atoms with E-state index in [4.69, 9.17) is 5.73 Å². The van der Waals surface area contributed by atoms with Crippen LogP contribution >= 0.6 is 0 Å². The summed E-state index contributed by atoms with van der Waals surface area (Å²) in [5, 5.41) is 13.7. The lowest BCUT2D eigenvalue weighted by Gasteiger charge is -2.31. The summed E-state index contributed by atoms with van der Waals surface area (Å²) in [5.41, 5.74) is 5.97. The highest BCUT2D eigenvalue weighted by Gasteiger charge is 2.27. The first-order valence-corrected chi connectivity index (χ1v) is 6.84. The average Bonchev–Trinajstić information content (AvgIpc) is 2.82. The molecule has 1 aromatic heterocycles. The maximum Gasteiger partial charge on any atom is 0.287 e. The molecule has 0 saturated heterocycles.